The Hall–Kier alpha value is 0.0800. The van der Waals surface area contributed by atoms with Crippen LogP contribution in [0.4, 0.5) is 0 Å². The Bertz CT molecular complexity index is 145. The monoisotopic (exact) mass is 230 g/mol. The van der Waals surface area contributed by atoms with Crippen LogP contribution in [0.25, 0.3) is 0 Å². The Labute approximate surface area is 80.0 Å². The van der Waals surface area contributed by atoms with Gasteiger partial charge in [0, 0.05) is 9.13 Å². The molecule has 0 aliphatic carbocycles. The highest BCUT2D eigenvalue weighted by atomic mass is 31.2. The maximum Gasteiger partial charge on any atom is 0.745 e. The van der Waals surface area contributed by atoms with E-state index in [4.69, 9.17) is 9.79 Å². The second kappa shape index (κ2) is 10.2. The van der Waals surface area contributed by atoms with Gasteiger partial charge in [0.2, 0.25) is 0 Å². The summed E-state index contributed by atoms with van der Waals surface area (Å²) in [6.07, 6.45) is 2.66. The van der Waals surface area contributed by atoms with Crippen LogP contribution in [0.2, 0.25) is 0 Å². The molecule has 0 fully saturated rings. The minimum absolute atomic E-state index is 0.935. The van der Waals surface area contributed by atoms with E-state index in [0.29, 0.717) is 0 Å². The normalized spacial score (nSPS) is 11.8. The highest BCUT2D eigenvalue weighted by Crippen LogP contribution is 2.30. The molecule has 2 atom stereocenters. The van der Waals surface area contributed by atoms with Gasteiger partial charge in [0.05, 0.1) is 0 Å². The molecular weight excluding hydrogens is 214 g/mol. The first-order valence-electron chi connectivity index (χ1n) is 3.94. The van der Waals surface area contributed by atoms with Crippen LogP contribution in [0.3, 0.4) is 0 Å². The third-order valence-electron chi connectivity index (χ3n) is 1.53. The standard InChI is InChI=1S/C6H14.O5P2/c1-4-6(3)5-2;1-6(2)5-7(3)4/h6H,4-5H2,1-3H3;/p+2. The van der Waals surface area contributed by atoms with Crippen LogP contribution in [-0.2, 0) is 13.4 Å². The van der Waals surface area contributed by atoms with E-state index in [2.05, 4.69) is 25.1 Å². The summed E-state index contributed by atoms with van der Waals surface area (Å²) in [6.45, 7) is 6.74. The van der Waals surface area contributed by atoms with Crippen LogP contribution in [-0.4, -0.2) is 9.79 Å². The van der Waals surface area contributed by atoms with Crippen molar-refractivity contribution in [1.82, 2.24) is 0 Å². The van der Waals surface area contributed by atoms with Gasteiger partial charge in [0.15, 0.2) is 4.31 Å². The van der Waals surface area contributed by atoms with Crippen molar-refractivity contribution in [3.05, 3.63) is 0 Å². The molecule has 0 saturated carbocycles. The smallest absolute Gasteiger partial charge is 0.131 e. The first-order valence-corrected chi connectivity index (χ1v) is 6.20. The summed E-state index contributed by atoms with van der Waals surface area (Å²) in [6, 6.07) is 0. The van der Waals surface area contributed by atoms with E-state index in [-0.39, 0.29) is 0 Å². The molecule has 0 aromatic heterocycles. The highest BCUT2D eigenvalue weighted by molar-refractivity contribution is 7.46. The Kier molecular flexibility index (Phi) is 12.2. The van der Waals surface area contributed by atoms with Crippen LogP contribution in [0.1, 0.15) is 33.6 Å². The van der Waals surface area contributed by atoms with E-state index >= 15 is 0 Å². The van der Waals surface area contributed by atoms with Gasteiger partial charge in [-0.3, -0.25) is 0 Å². The molecule has 2 unspecified atom stereocenters. The van der Waals surface area contributed by atoms with Crippen LogP contribution in [0, 0.1) is 5.92 Å². The Morgan fingerprint density at radius 2 is 1.46 bits per heavy atom. The zero-order valence-corrected chi connectivity index (χ0v) is 9.79. The lowest BCUT2D eigenvalue weighted by Gasteiger charge is -1.98. The van der Waals surface area contributed by atoms with Crippen molar-refractivity contribution < 1.29 is 23.2 Å². The minimum atomic E-state index is -2.92. The molecule has 0 aromatic rings. The molecule has 13 heavy (non-hydrogen) atoms. The van der Waals surface area contributed by atoms with E-state index in [0.717, 1.165) is 5.92 Å². The molecule has 0 amide bonds. The second-order valence-corrected chi connectivity index (χ2v) is 4.08. The number of rotatable bonds is 4. The van der Waals surface area contributed by atoms with Crippen molar-refractivity contribution in [2.75, 3.05) is 0 Å². The van der Waals surface area contributed by atoms with E-state index in [1.807, 2.05) is 0 Å². The quantitative estimate of drug-likeness (QED) is 0.725. The van der Waals surface area contributed by atoms with Gasteiger partial charge in [0.25, 0.3) is 0 Å². The summed E-state index contributed by atoms with van der Waals surface area (Å²) in [7, 11) is -5.85. The fourth-order valence-corrected chi connectivity index (χ4v) is 0.826. The van der Waals surface area contributed by atoms with Crippen LogP contribution >= 0.6 is 16.5 Å². The Morgan fingerprint density at radius 1 is 1.15 bits per heavy atom. The van der Waals surface area contributed by atoms with E-state index < -0.39 is 16.5 Å². The maximum absolute atomic E-state index is 9.39. The van der Waals surface area contributed by atoms with Gasteiger partial charge in [-0.05, 0) is 5.92 Å². The van der Waals surface area contributed by atoms with Gasteiger partial charge >= 0.3 is 16.5 Å². The first-order chi connectivity index (χ1) is 5.93. The van der Waals surface area contributed by atoms with Gasteiger partial charge in [0.1, 0.15) is 0 Å². The van der Waals surface area contributed by atoms with Gasteiger partial charge in [-0.2, -0.15) is 0 Å². The molecule has 7 heteroatoms. The van der Waals surface area contributed by atoms with Gasteiger partial charge in [-0.15, -0.1) is 9.79 Å². The van der Waals surface area contributed by atoms with E-state index in [1.54, 1.807) is 0 Å². The average molecular weight is 230 g/mol. The third-order valence-corrected chi connectivity index (χ3v) is 2.65. The minimum Gasteiger partial charge on any atom is -0.131 e. The first kappa shape index (κ1) is 15.5. The number of hydrogen-bond acceptors (Lipinski definition) is 3. The largest absolute Gasteiger partial charge is 0.745 e. The maximum atomic E-state index is 9.39. The summed E-state index contributed by atoms with van der Waals surface area (Å²) in [5.74, 6) is 0.935. The molecule has 0 heterocycles. The van der Waals surface area contributed by atoms with Crippen LogP contribution in [0.5, 0.6) is 0 Å². The van der Waals surface area contributed by atoms with Gasteiger partial charge < -0.3 is 0 Å². The summed E-state index contributed by atoms with van der Waals surface area (Å²) in [4.78, 5) is 15.3. The zero-order chi connectivity index (χ0) is 10.9. The third kappa shape index (κ3) is 18.8. The zero-order valence-electron chi connectivity index (χ0n) is 8.01. The number of hydrogen-bond donors (Lipinski definition) is 2. The van der Waals surface area contributed by atoms with Crippen molar-refractivity contribution in [2.24, 2.45) is 5.92 Å². The Morgan fingerprint density at radius 3 is 1.46 bits per heavy atom. The van der Waals surface area contributed by atoms with Gasteiger partial charge in [-0.25, -0.2) is 0 Å². The van der Waals surface area contributed by atoms with Crippen LogP contribution in [0.15, 0.2) is 0 Å². The molecule has 0 radical (unpaired) electrons. The molecule has 0 spiro atoms. The Balaban J connectivity index is 0. The van der Waals surface area contributed by atoms with Crippen LogP contribution < -0.4 is 0 Å². The van der Waals surface area contributed by atoms with Crippen molar-refractivity contribution in [3.8, 4) is 0 Å². The molecule has 78 valence electrons. The van der Waals surface area contributed by atoms with Crippen molar-refractivity contribution in [2.45, 2.75) is 33.6 Å². The highest BCUT2D eigenvalue weighted by Gasteiger charge is 2.31. The fourth-order valence-electron chi connectivity index (χ4n) is 0.348. The molecule has 5 nitrogen and oxygen atoms in total. The van der Waals surface area contributed by atoms with Crippen molar-refractivity contribution in [1.29, 1.82) is 0 Å². The predicted octanol–water partition coefficient (Wildman–Crippen LogP) is 2.74. The van der Waals surface area contributed by atoms with Crippen molar-refractivity contribution in [3.63, 3.8) is 0 Å². The van der Waals surface area contributed by atoms with Crippen molar-refractivity contribution >= 4 is 16.5 Å². The lowest BCUT2D eigenvalue weighted by molar-refractivity contribution is 0.371. The molecule has 0 bridgehead atoms. The molecule has 0 rings (SSSR count). The SMILES string of the molecule is CCC(C)CC.O=[P+](O)O[P+](=O)O. The molecule has 0 aliphatic rings. The van der Waals surface area contributed by atoms with E-state index in [9.17, 15) is 9.13 Å². The molecule has 2 N–H and O–H groups in total. The topological polar surface area (TPSA) is 83.8 Å². The molecule has 0 aromatic carbocycles. The average Bonchev–Trinajstić information content (AvgIpc) is 2.01. The fraction of sp³-hybridized carbons (Fsp3) is 1.00. The lowest BCUT2D eigenvalue weighted by Crippen LogP contribution is -1.85. The predicted molar refractivity (Wildman–Crippen MR) is 50.5 cm³/mol. The molecule has 0 saturated heterocycles. The second-order valence-electron chi connectivity index (χ2n) is 2.48. The molecule has 0 aliphatic heterocycles. The summed E-state index contributed by atoms with van der Waals surface area (Å²) >= 11 is 0. The lowest BCUT2D eigenvalue weighted by atomic mass is 10.1. The summed E-state index contributed by atoms with van der Waals surface area (Å²) in [5.41, 5.74) is 0. The van der Waals surface area contributed by atoms with Gasteiger partial charge in [-0.1, -0.05) is 33.6 Å². The molecular formula is C6H16O5P2+2. The summed E-state index contributed by atoms with van der Waals surface area (Å²) in [5, 5.41) is 0. The summed E-state index contributed by atoms with van der Waals surface area (Å²) < 4.78 is 22.2. The van der Waals surface area contributed by atoms with E-state index in [1.165, 1.54) is 12.8 Å².